The van der Waals surface area contributed by atoms with Gasteiger partial charge in [-0.15, -0.1) is 0 Å². The molecule has 0 aliphatic carbocycles. The van der Waals surface area contributed by atoms with E-state index in [1.165, 1.54) is 12.1 Å². The van der Waals surface area contributed by atoms with E-state index in [-0.39, 0.29) is 18.0 Å². The topological polar surface area (TPSA) is 103 Å². The van der Waals surface area contributed by atoms with Crippen molar-refractivity contribution in [1.29, 1.82) is 0 Å². The number of carbonyl (C=O) groups is 2. The molecule has 0 radical (unpaired) electrons. The fraction of sp³-hybridized carbons (Fsp3) is 0.263. The second kappa shape index (κ2) is 9.42. The molecule has 2 aromatic rings. The standard InChI is InChI=1S/C19H22FN3O4/c1-3-26-13-6-8-17(27-4-2)16(10-13)23-18(24)11-22-12-5-7-15(20)14(9-12)19(21)25/h5-10,22H,3-4,11H2,1-2H3,(H2,21,25)(H,23,24). The van der Waals surface area contributed by atoms with Gasteiger partial charge in [0.25, 0.3) is 5.91 Å². The number of primary amides is 1. The van der Waals surface area contributed by atoms with Crippen LogP contribution in [0.1, 0.15) is 24.2 Å². The molecule has 2 rings (SSSR count). The van der Waals surface area contributed by atoms with Crippen molar-refractivity contribution in [2.45, 2.75) is 13.8 Å². The Balaban J connectivity index is 2.06. The summed E-state index contributed by atoms with van der Waals surface area (Å²) in [6.45, 7) is 4.54. The first-order valence-electron chi connectivity index (χ1n) is 8.47. The maximum absolute atomic E-state index is 13.5. The molecule has 4 N–H and O–H groups in total. The van der Waals surface area contributed by atoms with Crippen LogP contribution in [0.15, 0.2) is 36.4 Å². The molecule has 0 aliphatic heterocycles. The number of anilines is 2. The van der Waals surface area contributed by atoms with Crippen LogP contribution in [0.5, 0.6) is 11.5 Å². The molecule has 0 spiro atoms. The fourth-order valence-electron chi connectivity index (χ4n) is 2.35. The highest BCUT2D eigenvalue weighted by atomic mass is 19.1. The summed E-state index contributed by atoms with van der Waals surface area (Å²) in [5.41, 5.74) is 5.74. The van der Waals surface area contributed by atoms with Gasteiger partial charge in [0.15, 0.2) is 0 Å². The molecule has 144 valence electrons. The molecule has 0 atom stereocenters. The minimum atomic E-state index is -0.880. The van der Waals surface area contributed by atoms with Crippen molar-refractivity contribution in [3.8, 4) is 11.5 Å². The maximum atomic E-state index is 13.5. The SMILES string of the molecule is CCOc1ccc(OCC)c(NC(=O)CNc2ccc(F)c(C(N)=O)c2)c1. The summed E-state index contributed by atoms with van der Waals surface area (Å²) >= 11 is 0. The van der Waals surface area contributed by atoms with E-state index in [1.807, 2.05) is 13.8 Å². The Morgan fingerprint density at radius 3 is 2.48 bits per heavy atom. The van der Waals surface area contributed by atoms with Crippen molar-refractivity contribution in [1.82, 2.24) is 0 Å². The summed E-state index contributed by atoms with van der Waals surface area (Å²) < 4.78 is 24.4. The van der Waals surface area contributed by atoms with Crippen molar-refractivity contribution >= 4 is 23.2 Å². The van der Waals surface area contributed by atoms with E-state index < -0.39 is 11.7 Å². The third-order valence-electron chi connectivity index (χ3n) is 3.52. The smallest absolute Gasteiger partial charge is 0.251 e. The first-order valence-corrected chi connectivity index (χ1v) is 8.47. The number of benzene rings is 2. The Bertz CT molecular complexity index is 827. The van der Waals surface area contributed by atoms with Gasteiger partial charge in [-0.05, 0) is 44.2 Å². The van der Waals surface area contributed by atoms with Crippen LogP contribution in [0.3, 0.4) is 0 Å². The Morgan fingerprint density at radius 2 is 1.81 bits per heavy atom. The van der Waals surface area contributed by atoms with Crippen LogP contribution >= 0.6 is 0 Å². The average Bonchev–Trinajstić information content (AvgIpc) is 2.63. The van der Waals surface area contributed by atoms with Gasteiger partial charge >= 0.3 is 0 Å². The van der Waals surface area contributed by atoms with Crippen LogP contribution in [0.2, 0.25) is 0 Å². The third kappa shape index (κ3) is 5.60. The highest BCUT2D eigenvalue weighted by molar-refractivity contribution is 5.96. The average molecular weight is 375 g/mol. The van der Waals surface area contributed by atoms with Gasteiger partial charge in [0.1, 0.15) is 17.3 Å². The van der Waals surface area contributed by atoms with E-state index in [0.717, 1.165) is 6.07 Å². The fourth-order valence-corrected chi connectivity index (χ4v) is 2.35. The van der Waals surface area contributed by atoms with Gasteiger partial charge in [-0.25, -0.2) is 4.39 Å². The van der Waals surface area contributed by atoms with E-state index in [4.69, 9.17) is 15.2 Å². The largest absolute Gasteiger partial charge is 0.494 e. The lowest BCUT2D eigenvalue weighted by Gasteiger charge is -2.14. The molecule has 0 saturated heterocycles. The number of hydrogen-bond acceptors (Lipinski definition) is 5. The molecule has 2 amide bonds. The maximum Gasteiger partial charge on any atom is 0.251 e. The highest BCUT2D eigenvalue weighted by Crippen LogP contribution is 2.29. The van der Waals surface area contributed by atoms with Gasteiger partial charge < -0.3 is 25.8 Å². The van der Waals surface area contributed by atoms with Crippen LogP contribution in [0.4, 0.5) is 15.8 Å². The Labute approximate surface area is 156 Å². The van der Waals surface area contributed by atoms with Gasteiger partial charge in [0.2, 0.25) is 5.91 Å². The molecule has 0 aliphatic rings. The van der Waals surface area contributed by atoms with E-state index >= 15 is 0 Å². The molecule has 0 aromatic heterocycles. The van der Waals surface area contributed by atoms with Gasteiger partial charge in [-0.3, -0.25) is 9.59 Å². The quantitative estimate of drug-likeness (QED) is 0.625. The van der Waals surface area contributed by atoms with Crippen LogP contribution in [-0.4, -0.2) is 31.6 Å². The molecule has 0 heterocycles. The number of nitrogens with two attached hydrogens (primary N) is 1. The van der Waals surface area contributed by atoms with Crippen molar-refractivity contribution in [3.05, 3.63) is 47.8 Å². The minimum absolute atomic E-state index is 0.103. The number of hydrogen-bond donors (Lipinski definition) is 3. The van der Waals surface area contributed by atoms with Crippen LogP contribution < -0.4 is 25.8 Å². The van der Waals surface area contributed by atoms with Gasteiger partial charge in [-0.1, -0.05) is 0 Å². The molecular weight excluding hydrogens is 353 g/mol. The molecular formula is C19H22FN3O4. The lowest BCUT2D eigenvalue weighted by molar-refractivity contribution is -0.114. The number of halogens is 1. The third-order valence-corrected chi connectivity index (χ3v) is 3.52. The predicted molar refractivity (Wildman–Crippen MR) is 101 cm³/mol. The first-order chi connectivity index (χ1) is 12.9. The zero-order valence-corrected chi connectivity index (χ0v) is 15.2. The van der Waals surface area contributed by atoms with E-state index in [9.17, 15) is 14.0 Å². The Kier molecular flexibility index (Phi) is 6.99. The van der Waals surface area contributed by atoms with Gasteiger partial charge in [-0.2, -0.15) is 0 Å². The molecule has 8 heteroatoms. The summed E-state index contributed by atoms with van der Waals surface area (Å²) in [5, 5.41) is 5.56. The Morgan fingerprint density at radius 1 is 1.07 bits per heavy atom. The normalized spacial score (nSPS) is 10.2. The summed E-state index contributed by atoms with van der Waals surface area (Å²) in [6, 6.07) is 8.93. The summed E-state index contributed by atoms with van der Waals surface area (Å²) in [6.07, 6.45) is 0. The van der Waals surface area contributed by atoms with Gasteiger partial charge in [0, 0.05) is 11.8 Å². The number of amides is 2. The van der Waals surface area contributed by atoms with Crippen molar-refractivity contribution < 1.29 is 23.5 Å². The lowest BCUT2D eigenvalue weighted by atomic mass is 10.2. The first kappa shape index (κ1) is 20.0. The monoisotopic (exact) mass is 375 g/mol. The van der Waals surface area contributed by atoms with Crippen molar-refractivity contribution in [2.24, 2.45) is 5.73 Å². The van der Waals surface area contributed by atoms with Crippen LogP contribution in [0, 0.1) is 5.82 Å². The van der Waals surface area contributed by atoms with E-state index in [0.29, 0.717) is 36.1 Å². The van der Waals surface area contributed by atoms with Gasteiger partial charge in [0.05, 0.1) is 31.0 Å². The molecule has 0 fully saturated rings. The van der Waals surface area contributed by atoms with Crippen LogP contribution in [0.25, 0.3) is 0 Å². The zero-order valence-electron chi connectivity index (χ0n) is 15.2. The molecule has 7 nitrogen and oxygen atoms in total. The highest BCUT2D eigenvalue weighted by Gasteiger charge is 2.12. The van der Waals surface area contributed by atoms with Crippen LogP contribution in [-0.2, 0) is 4.79 Å². The van der Waals surface area contributed by atoms with Crippen molar-refractivity contribution in [2.75, 3.05) is 30.4 Å². The lowest BCUT2D eigenvalue weighted by Crippen LogP contribution is -2.22. The predicted octanol–water partition coefficient (Wildman–Crippen LogP) is 2.77. The summed E-state index contributed by atoms with van der Waals surface area (Å²) in [4.78, 5) is 23.4. The number of rotatable bonds is 9. The molecule has 27 heavy (non-hydrogen) atoms. The number of carbonyl (C=O) groups excluding carboxylic acids is 2. The number of nitrogens with one attached hydrogen (secondary N) is 2. The molecule has 0 unspecified atom stereocenters. The summed E-state index contributed by atoms with van der Waals surface area (Å²) in [5.74, 6) is -0.822. The molecule has 2 aromatic carbocycles. The second-order valence-corrected chi connectivity index (χ2v) is 5.48. The summed E-state index contributed by atoms with van der Waals surface area (Å²) in [7, 11) is 0. The second-order valence-electron chi connectivity index (χ2n) is 5.48. The van der Waals surface area contributed by atoms with E-state index in [2.05, 4.69) is 10.6 Å². The Hall–Kier alpha value is -3.29. The zero-order chi connectivity index (χ0) is 19.8. The molecule has 0 bridgehead atoms. The number of ether oxygens (including phenoxy) is 2. The van der Waals surface area contributed by atoms with E-state index in [1.54, 1.807) is 18.2 Å². The van der Waals surface area contributed by atoms with Crippen molar-refractivity contribution in [3.63, 3.8) is 0 Å². The molecule has 0 saturated carbocycles. The minimum Gasteiger partial charge on any atom is -0.494 e.